The van der Waals surface area contributed by atoms with Gasteiger partial charge in [0.1, 0.15) is 66.5 Å². The lowest BCUT2D eigenvalue weighted by Gasteiger charge is -2.28. The molecule has 0 bridgehead atoms. The second kappa shape index (κ2) is 51.1. The Morgan fingerprint density at radius 2 is 0.709 bits per heavy atom. The fraction of sp³-hybridized carbons (Fsp3) is 0.506. The molecule has 0 saturated heterocycles. The molecule has 0 aliphatic rings. The SMILES string of the molecule is CSCC[C@H](NC(=O)[C@H](CCCNC(=N)N)NC(=O)[C@H](CCCNC(=N)N)NC(=O)[C@H](CC(N)=O)NC(=O)[C@H](CCC(N)=O)NC(=O)[C@H](Cc1ccccc1)NC(=O)[C@H](Cc1c[nH]c2ccccc12)NC(C)=O)C(=O)N[C@@H](CCCCN)C(=O)N[C@@H](Cc1c[nH]c2ccccc12)C(=O)N[C@@H](CCCCN)C(=O)N[C@@H](CCCCN)C(=O)O. The first kappa shape index (κ1) is 95.7. The molecular weight excluding hydrogens is 1530 g/mol. The van der Waals surface area contributed by atoms with Gasteiger partial charge in [0.15, 0.2) is 11.9 Å². The summed E-state index contributed by atoms with van der Waals surface area (Å²) in [6, 6.07) is 6.32. The summed E-state index contributed by atoms with van der Waals surface area (Å²) in [5.41, 5.74) is 43.0. The molecule has 13 amide bonds. The first-order chi connectivity index (χ1) is 55.9. The van der Waals surface area contributed by atoms with Crippen LogP contribution in [0.15, 0.2) is 91.3 Å². The minimum atomic E-state index is -1.94. The van der Waals surface area contributed by atoms with Gasteiger partial charge in [-0.25, -0.2) is 4.79 Å². The van der Waals surface area contributed by atoms with Gasteiger partial charge in [-0.3, -0.25) is 73.1 Å². The zero-order valence-corrected chi connectivity index (χ0v) is 66.8. The van der Waals surface area contributed by atoms with Crippen LogP contribution in [0.5, 0.6) is 0 Å². The molecule has 39 nitrogen and oxygen atoms in total. The number of carbonyl (C=O) groups is 14. The van der Waals surface area contributed by atoms with Crippen LogP contribution in [0.1, 0.15) is 133 Å². The molecule has 2 aromatic heterocycles. The van der Waals surface area contributed by atoms with Crippen LogP contribution in [0.3, 0.4) is 0 Å². The van der Waals surface area contributed by atoms with E-state index in [1.807, 2.05) is 18.2 Å². The molecule has 2 heterocycles. The molecule has 0 spiro atoms. The Morgan fingerprint density at radius 1 is 0.385 bits per heavy atom. The third kappa shape index (κ3) is 34.2. The van der Waals surface area contributed by atoms with Crippen LogP contribution < -0.4 is 109 Å². The summed E-state index contributed by atoms with van der Waals surface area (Å²) < 4.78 is 0. The minimum Gasteiger partial charge on any atom is -0.480 e. The smallest absolute Gasteiger partial charge is 0.326 e. The van der Waals surface area contributed by atoms with Gasteiger partial charge in [-0.05, 0) is 157 Å². The molecule has 0 radical (unpaired) electrons. The largest absolute Gasteiger partial charge is 0.480 e. The van der Waals surface area contributed by atoms with Crippen LogP contribution in [-0.2, 0) is 86.4 Å². The van der Waals surface area contributed by atoms with Gasteiger partial charge in [0.05, 0.1) is 6.42 Å². The predicted molar refractivity (Wildman–Crippen MR) is 441 cm³/mol. The number of nitrogens with one attached hydrogen (secondary N) is 17. The standard InChI is InChI=1S/C77H116N24O15S/c1-44(102)91-60(39-46-42-89-50-22-8-6-20-48(46)50)72(112)99-59(38-45-18-4-3-5-19-45)71(111)96-56(29-30-63(81)103)69(109)101-62(41-64(82)104)74(114)95-55(28-17-36-88-77(85)86)65(105)93-54(27-16-35-87-76(83)84)66(106)97-57(31-37-117-2)70(110)92-53(25-11-14-33-79)68(108)100-61(40-47-43-90-51-23-9-7-21-49(47)51)73(113)94-52(24-10-13-32-78)67(107)98-58(75(115)116)26-12-15-34-80/h3-9,18-23,42-43,52-62,89-90H,10-17,24-41,78-80H2,1-2H3,(H2,81,103)(H2,82,104)(H,91,102)(H,92,110)(H,93,105)(H,94,113)(H,95,114)(H,96,111)(H,97,106)(H,98,107)(H,99,112)(H,100,108)(H,101,109)(H,115,116)(H4,83,84,87)(H4,85,86,88)/t52-,53-,54-,55-,56-,57-,58-,59-,60-,61-,62-/m0/s1. The third-order valence-electron chi connectivity index (χ3n) is 19.0. The van der Waals surface area contributed by atoms with E-state index in [2.05, 4.69) is 79.1 Å². The van der Waals surface area contributed by atoms with Gasteiger partial charge in [-0.15, -0.1) is 0 Å². The summed E-state index contributed by atoms with van der Waals surface area (Å²) in [4.78, 5) is 203. The van der Waals surface area contributed by atoms with Crippen LogP contribution >= 0.6 is 11.8 Å². The number of carbonyl (C=O) groups excluding carboxylic acids is 13. The van der Waals surface area contributed by atoms with Gasteiger partial charge in [0.25, 0.3) is 0 Å². The van der Waals surface area contributed by atoms with Gasteiger partial charge in [-0.2, -0.15) is 11.8 Å². The molecule has 0 unspecified atom stereocenters. The van der Waals surface area contributed by atoms with Gasteiger partial charge in [-0.1, -0.05) is 66.7 Å². The van der Waals surface area contributed by atoms with E-state index >= 15 is 0 Å². The molecule has 40 heteroatoms. The number of nitrogens with two attached hydrogens (primary N) is 7. The maximum atomic E-state index is 14.9. The number of guanidine groups is 2. The third-order valence-corrected chi connectivity index (χ3v) is 19.6. The van der Waals surface area contributed by atoms with Crippen LogP contribution in [0, 0.1) is 10.8 Å². The number of aromatic amines is 2. The lowest BCUT2D eigenvalue weighted by atomic mass is 10.0. The average molecular weight is 1650 g/mol. The number of para-hydroxylation sites is 2. The Morgan fingerprint density at radius 3 is 1.09 bits per heavy atom. The second-order valence-corrected chi connectivity index (χ2v) is 29.3. The fourth-order valence-electron chi connectivity index (χ4n) is 12.8. The Balaban J connectivity index is 1.44. The molecule has 11 atom stereocenters. The zero-order valence-electron chi connectivity index (χ0n) is 66.0. The summed E-state index contributed by atoms with van der Waals surface area (Å²) in [5.74, 6) is -14.1. The number of primary amides is 2. The summed E-state index contributed by atoms with van der Waals surface area (Å²) in [6.07, 6.45) is 4.51. The Labute approximate surface area is 681 Å². The highest BCUT2D eigenvalue weighted by atomic mass is 32.2. The topological polar surface area (TPSA) is 677 Å². The molecule has 5 rings (SSSR count). The number of amides is 13. The Kier molecular flexibility index (Phi) is 41.8. The second-order valence-electron chi connectivity index (χ2n) is 28.3. The normalized spacial score (nSPS) is 13.9. The highest BCUT2D eigenvalue weighted by molar-refractivity contribution is 7.98. The number of hydrogen-bond donors (Lipinski definition) is 25. The van der Waals surface area contributed by atoms with Gasteiger partial charge in [0.2, 0.25) is 76.8 Å². The van der Waals surface area contributed by atoms with Crippen molar-refractivity contribution >= 4 is 128 Å². The van der Waals surface area contributed by atoms with Crippen molar-refractivity contribution in [2.45, 2.75) is 202 Å². The summed E-state index contributed by atoms with van der Waals surface area (Å²) >= 11 is 1.30. The van der Waals surface area contributed by atoms with Crippen molar-refractivity contribution in [2.24, 2.45) is 40.1 Å². The molecule has 3 aromatic carbocycles. The quantitative estimate of drug-likeness (QED) is 0.0104. The van der Waals surface area contributed by atoms with E-state index in [0.29, 0.717) is 66.2 Å². The number of aromatic nitrogens is 2. The van der Waals surface area contributed by atoms with Crippen LogP contribution in [0.25, 0.3) is 21.8 Å². The molecule has 32 N–H and O–H groups in total. The number of rotatable bonds is 56. The summed E-state index contributed by atoms with van der Waals surface area (Å²) in [5, 5.41) is 61.2. The van der Waals surface area contributed by atoms with Crippen molar-refractivity contribution in [1.29, 1.82) is 10.8 Å². The number of aliphatic carboxylic acids is 1. The molecule has 0 fully saturated rings. The van der Waals surface area contributed by atoms with Crippen molar-refractivity contribution in [1.82, 2.24) is 79.1 Å². The highest BCUT2D eigenvalue weighted by Crippen LogP contribution is 2.22. The van der Waals surface area contributed by atoms with Gasteiger partial charge >= 0.3 is 5.97 Å². The molecule has 117 heavy (non-hydrogen) atoms. The van der Waals surface area contributed by atoms with Crippen LogP contribution in [0.2, 0.25) is 0 Å². The van der Waals surface area contributed by atoms with Crippen molar-refractivity contribution in [3.05, 3.63) is 108 Å². The van der Waals surface area contributed by atoms with Crippen molar-refractivity contribution in [2.75, 3.05) is 44.7 Å². The van der Waals surface area contributed by atoms with E-state index in [4.69, 9.17) is 51.0 Å². The molecule has 0 aliphatic carbocycles. The van der Waals surface area contributed by atoms with E-state index in [9.17, 15) is 72.2 Å². The molecule has 0 saturated carbocycles. The van der Waals surface area contributed by atoms with Gasteiger partial charge < -0.3 is 124 Å². The van der Waals surface area contributed by atoms with Gasteiger partial charge in [0, 0.05) is 79.9 Å². The summed E-state index contributed by atoms with van der Waals surface area (Å²) in [6.45, 7) is 1.87. The van der Waals surface area contributed by atoms with Crippen molar-refractivity contribution in [3.63, 3.8) is 0 Å². The number of fused-ring (bicyclic) bond motifs is 2. The zero-order chi connectivity index (χ0) is 85.9. The van der Waals surface area contributed by atoms with E-state index in [-0.39, 0.29) is 109 Å². The fourth-order valence-corrected chi connectivity index (χ4v) is 13.3. The average Bonchev–Trinajstić information content (AvgIpc) is 1.71. The van der Waals surface area contributed by atoms with E-state index in [0.717, 1.165) is 10.9 Å². The lowest BCUT2D eigenvalue weighted by molar-refractivity contribution is -0.142. The molecule has 640 valence electrons. The molecule has 0 aliphatic heterocycles. The summed E-state index contributed by atoms with van der Waals surface area (Å²) in [7, 11) is 0. The first-order valence-corrected chi connectivity index (χ1v) is 40.3. The van der Waals surface area contributed by atoms with Crippen LogP contribution in [-0.4, -0.2) is 221 Å². The number of benzene rings is 3. The number of carboxylic acid groups (broad SMARTS) is 1. The predicted octanol–water partition coefficient (Wildman–Crippen LogP) is -3.08. The van der Waals surface area contributed by atoms with E-state index < -0.39 is 180 Å². The number of unbranched alkanes of at least 4 members (excludes halogenated alkanes) is 3. The highest BCUT2D eigenvalue weighted by Gasteiger charge is 2.38. The lowest BCUT2D eigenvalue weighted by Crippen LogP contribution is -2.61. The van der Waals surface area contributed by atoms with E-state index in [1.54, 1.807) is 79.3 Å². The minimum absolute atomic E-state index is 0.0204. The Bertz CT molecular complexity index is 4170. The molecular formula is C77H116N24O15S. The number of H-pyrrole nitrogens is 2. The van der Waals surface area contributed by atoms with Crippen LogP contribution in [0.4, 0.5) is 0 Å². The van der Waals surface area contributed by atoms with E-state index in [1.165, 1.54) is 18.7 Å². The number of thioether (sulfide) groups is 1. The maximum absolute atomic E-state index is 14.9. The van der Waals surface area contributed by atoms with Crippen molar-refractivity contribution in [3.8, 4) is 0 Å². The maximum Gasteiger partial charge on any atom is 0.326 e. The number of carboxylic acids is 1. The molecule has 5 aromatic rings. The Hall–Kier alpha value is -11.9. The first-order valence-electron chi connectivity index (χ1n) is 38.9. The number of hydrogen-bond acceptors (Lipinski definition) is 20. The van der Waals surface area contributed by atoms with Crippen molar-refractivity contribution < 1.29 is 72.2 Å². The monoisotopic (exact) mass is 1650 g/mol.